The van der Waals surface area contributed by atoms with E-state index >= 15 is 0 Å². The van der Waals surface area contributed by atoms with Gasteiger partial charge in [-0.05, 0) is 36.2 Å². The van der Waals surface area contributed by atoms with Crippen LogP contribution in [0.5, 0.6) is 0 Å². The van der Waals surface area contributed by atoms with Crippen LogP contribution >= 0.6 is 22.6 Å². The van der Waals surface area contributed by atoms with Crippen LogP contribution in [0.1, 0.15) is 65.7 Å². The van der Waals surface area contributed by atoms with E-state index < -0.39 is 0 Å². The van der Waals surface area contributed by atoms with Gasteiger partial charge in [0, 0.05) is 26.7 Å². The maximum Gasteiger partial charge on any atom is 0.222 e. The molecule has 26 heavy (non-hydrogen) atoms. The van der Waals surface area contributed by atoms with Crippen molar-refractivity contribution in [3.05, 3.63) is 21.8 Å². The summed E-state index contributed by atoms with van der Waals surface area (Å²) in [5, 5.41) is 8.83. The number of carbonyl (C=O) groups is 1. The van der Waals surface area contributed by atoms with Gasteiger partial charge in [-0.15, -0.1) is 0 Å². The number of carbonyl (C=O) groups excluding carboxylic acids is 1. The van der Waals surface area contributed by atoms with Crippen molar-refractivity contribution in [2.75, 3.05) is 26.9 Å². The van der Waals surface area contributed by atoms with E-state index in [-0.39, 0.29) is 24.5 Å². The lowest BCUT2D eigenvalue weighted by atomic mass is 9.93. The molecule has 0 saturated heterocycles. The first-order valence-corrected chi connectivity index (χ1v) is 11.1. The van der Waals surface area contributed by atoms with Crippen molar-refractivity contribution in [3.63, 3.8) is 0 Å². The van der Waals surface area contributed by atoms with Gasteiger partial charge in [0.2, 0.25) is 5.91 Å². The van der Waals surface area contributed by atoms with Gasteiger partial charge in [0.1, 0.15) is 0 Å². The molecule has 0 aromatic rings. The lowest BCUT2D eigenvalue weighted by Crippen LogP contribution is -2.41. The molecule has 0 bridgehead atoms. The predicted molar refractivity (Wildman–Crippen MR) is 119 cm³/mol. The van der Waals surface area contributed by atoms with E-state index in [9.17, 15) is 4.79 Å². The van der Waals surface area contributed by atoms with E-state index in [1.807, 2.05) is 16.0 Å². The molecule has 0 rings (SSSR count). The van der Waals surface area contributed by atoms with Gasteiger partial charge in [-0.1, -0.05) is 73.4 Å². The third kappa shape index (κ3) is 11.3. The SMILES string of the molecule is CCCCOC/C=C(\C)[C@H]([C@@H](C)/C=C/I)N(C)C(=O)CCCCCCO. The third-order valence-corrected chi connectivity index (χ3v) is 5.03. The Balaban J connectivity index is 4.77. The van der Waals surface area contributed by atoms with Crippen LogP contribution in [0.15, 0.2) is 21.8 Å². The van der Waals surface area contributed by atoms with Crippen LogP contribution in [0.4, 0.5) is 0 Å². The van der Waals surface area contributed by atoms with Gasteiger partial charge in [0.15, 0.2) is 0 Å². The molecular weight excluding hydrogens is 441 g/mol. The molecule has 1 amide bonds. The van der Waals surface area contributed by atoms with Crippen LogP contribution in [0.25, 0.3) is 0 Å². The zero-order chi connectivity index (χ0) is 19.8. The highest BCUT2D eigenvalue weighted by Gasteiger charge is 2.25. The number of nitrogens with zero attached hydrogens (tertiary/aromatic N) is 1. The van der Waals surface area contributed by atoms with Crippen molar-refractivity contribution >= 4 is 28.5 Å². The monoisotopic (exact) mass is 479 g/mol. The number of rotatable bonds is 15. The quantitative estimate of drug-likeness (QED) is 0.202. The molecule has 2 atom stereocenters. The van der Waals surface area contributed by atoms with E-state index in [4.69, 9.17) is 9.84 Å². The molecule has 1 N–H and O–H groups in total. The van der Waals surface area contributed by atoms with E-state index in [1.165, 1.54) is 5.57 Å². The van der Waals surface area contributed by atoms with Gasteiger partial charge in [-0.25, -0.2) is 0 Å². The number of hydrogen-bond donors (Lipinski definition) is 1. The van der Waals surface area contributed by atoms with Crippen LogP contribution in [0, 0.1) is 5.92 Å². The summed E-state index contributed by atoms with van der Waals surface area (Å²) in [4.78, 5) is 14.5. The molecule has 0 aromatic carbocycles. The first kappa shape index (κ1) is 25.6. The Hall–Kier alpha value is -0.400. The predicted octanol–water partition coefficient (Wildman–Crippen LogP) is 5.10. The maximum absolute atomic E-state index is 12.6. The van der Waals surface area contributed by atoms with Crippen molar-refractivity contribution < 1.29 is 14.6 Å². The molecular formula is C21H38INO3. The summed E-state index contributed by atoms with van der Waals surface area (Å²) in [5.74, 6) is 0.439. The molecule has 0 spiro atoms. The van der Waals surface area contributed by atoms with Crippen molar-refractivity contribution in [1.29, 1.82) is 0 Å². The number of aliphatic hydroxyl groups excluding tert-OH is 1. The van der Waals surface area contributed by atoms with Gasteiger partial charge in [0.25, 0.3) is 0 Å². The molecule has 0 heterocycles. The molecule has 0 aliphatic heterocycles. The normalized spacial score (nSPS) is 14.6. The van der Waals surface area contributed by atoms with Crippen LogP contribution in [-0.4, -0.2) is 48.8 Å². The Morgan fingerprint density at radius 1 is 1.23 bits per heavy atom. The van der Waals surface area contributed by atoms with Crippen LogP contribution in [0.2, 0.25) is 0 Å². The molecule has 0 saturated carbocycles. The summed E-state index contributed by atoms with van der Waals surface area (Å²) < 4.78 is 7.68. The second-order valence-electron chi connectivity index (χ2n) is 6.89. The minimum atomic E-state index is 0.0562. The third-order valence-electron chi connectivity index (χ3n) is 4.62. The van der Waals surface area contributed by atoms with E-state index in [1.54, 1.807) is 0 Å². The number of likely N-dealkylation sites (N-methyl/N-ethyl adjacent to an activating group) is 1. The summed E-state index contributed by atoms with van der Waals surface area (Å²) in [5.41, 5.74) is 1.18. The molecule has 0 aliphatic rings. The zero-order valence-corrected chi connectivity index (χ0v) is 19.2. The van der Waals surface area contributed by atoms with Gasteiger partial charge < -0.3 is 14.7 Å². The maximum atomic E-state index is 12.6. The Morgan fingerprint density at radius 2 is 1.92 bits per heavy atom. The topological polar surface area (TPSA) is 49.8 Å². The fraction of sp³-hybridized carbons (Fsp3) is 0.762. The smallest absolute Gasteiger partial charge is 0.222 e. The number of aliphatic hydroxyl groups is 1. The fourth-order valence-electron chi connectivity index (χ4n) is 3.01. The zero-order valence-electron chi connectivity index (χ0n) is 17.0. The average molecular weight is 479 g/mol. The number of ether oxygens (including phenoxy) is 1. The lowest BCUT2D eigenvalue weighted by molar-refractivity contribution is -0.132. The summed E-state index contributed by atoms with van der Waals surface area (Å²) in [6.07, 6.45) is 10.7. The number of amides is 1. The van der Waals surface area contributed by atoms with Crippen LogP contribution in [-0.2, 0) is 9.53 Å². The van der Waals surface area contributed by atoms with E-state index in [0.717, 1.165) is 45.1 Å². The number of unbranched alkanes of at least 4 members (excludes halogenated alkanes) is 4. The Labute approximate surface area is 174 Å². The van der Waals surface area contributed by atoms with E-state index in [0.29, 0.717) is 13.0 Å². The Morgan fingerprint density at radius 3 is 2.54 bits per heavy atom. The minimum absolute atomic E-state index is 0.0562. The van der Waals surface area contributed by atoms with Crippen LogP contribution in [0.3, 0.4) is 0 Å². The van der Waals surface area contributed by atoms with Gasteiger partial charge >= 0.3 is 0 Å². The minimum Gasteiger partial charge on any atom is -0.396 e. The highest BCUT2D eigenvalue weighted by Crippen LogP contribution is 2.21. The molecule has 0 fully saturated rings. The molecule has 0 radical (unpaired) electrons. The Kier molecular flexibility index (Phi) is 16.5. The summed E-state index contributed by atoms with van der Waals surface area (Å²) >= 11 is 2.23. The summed E-state index contributed by atoms with van der Waals surface area (Å²) in [7, 11) is 1.91. The molecule has 4 nitrogen and oxygen atoms in total. The van der Waals surface area contributed by atoms with Crippen molar-refractivity contribution in [3.8, 4) is 0 Å². The first-order chi connectivity index (χ1) is 12.5. The largest absolute Gasteiger partial charge is 0.396 e. The average Bonchev–Trinajstić information content (AvgIpc) is 2.61. The fourth-order valence-corrected chi connectivity index (χ4v) is 3.66. The number of hydrogen-bond acceptors (Lipinski definition) is 3. The number of halogens is 1. The highest BCUT2D eigenvalue weighted by molar-refractivity contribution is 14.1. The molecule has 5 heteroatoms. The standard InChI is InChI=1S/C21H38INO3/c1-5-6-16-26-17-13-19(3)21(18(2)12-14-22)23(4)20(25)11-9-7-8-10-15-24/h12-14,18,21,24H,5-11,15-17H2,1-4H3/b14-12+,19-13+/t18-,21-/m0/s1. The highest BCUT2D eigenvalue weighted by atomic mass is 127. The van der Waals surface area contributed by atoms with Crippen molar-refractivity contribution in [2.24, 2.45) is 5.92 Å². The van der Waals surface area contributed by atoms with Crippen molar-refractivity contribution in [2.45, 2.75) is 71.8 Å². The van der Waals surface area contributed by atoms with Gasteiger partial charge in [0.05, 0.1) is 12.6 Å². The second-order valence-corrected chi connectivity index (χ2v) is 7.61. The Bertz CT molecular complexity index is 423. The summed E-state index contributed by atoms with van der Waals surface area (Å²) in [6, 6.07) is 0.0562. The molecule has 0 aromatic heterocycles. The van der Waals surface area contributed by atoms with Crippen molar-refractivity contribution in [1.82, 2.24) is 4.90 Å². The second kappa shape index (κ2) is 16.8. The van der Waals surface area contributed by atoms with Crippen LogP contribution < -0.4 is 0 Å². The lowest BCUT2D eigenvalue weighted by Gasteiger charge is -2.33. The molecule has 152 valence electrons. The molecule has 0 unspecified atom stereocenters. The summed E-state index contributed by atoms with van der Waals surface area (Å²) in [6.45, 7) is 8.03. The molecule has 0 aliphatic carbocycles. The van der Waals surface area contributed by atoms with Gasteiger partial charge in [-0.3, -0.25) is 4.79 Å². The van der Waals surface area contributed by atoms with Gasteiger partial charge in [-0.2, -0.15) is 0 Å². The van der Waals surface area contributed by atoms with E-state index in [2.05, 4.69) is 55.5 Å². The first-order valence-electron chi connectivity index (χ1n) is 9.87.